The third kappa shape index (κ3) is 3.87. The van der Waals surface area contributed by atoms with Crippen LogP contribution in [-0.4, -0.2) is 31.6 Å². The summed E-state index contributed by atoms with van der Waals surface area (Å²) in [5, 5.41) is 3.48. The Labute approximate surface area is 221 Å². The second kappa shape index (κ2) is 9.84. The fraction of sp³-hybridized carbons (Fsp3) is 0.226. The van der Waals surface area contributed by atoms with Gasteiger partial charge in [-0.05, 0) is 47.7 Å². The van der Waals surface area contributed by atoms with Crippen molar-refractivity contribution in [2.75, 3.05) is 23.7 Å². The number of nitrogens with zero attached hydrogens (tertiary/aromatic N) is 2. The highest BCUT2D eigenvalue weighted by molar-refractivity contribution is 6.26. The second-order valence-electron chi connectivity index (χ2n) is 9.43. The van der Waals surface area contributed by atoms with Gasteiger partial charge < -0.3 is 9.47 Å². The number of carbonyl (C=O) groups excluding carboxylic acids is 2. The molecule has 4 aromatic rings. The normalized spacial score (nSPS) is 20.7. The van der Waals surface area contributed by atoms with Gasteiger partial charge >= 0.3 is 0 Å². The van der Waals surface area contributed by atoms with Crippen molar-refractivity contribution >= 4 is 34.0 Å². The van der Waals surface area contributed by atoms with Crippen LogP contribution in [0.2, 0.25) is 0 Å². The number of anilines is 2. The summed E-state index contributed by atoms with van der Waals surface area (Å²) in [6.45, 7) is 2.61. The molecule has 2 fully saturated rings. The number of hydrogen-bond donors (Lipinski definition) is 0. The Balaban J connectivity index is 1.44. The smallest absolute Gasteiger partial charge is 0.266 e. The van der Waals surface area contributed by atoms with Gasteiger partial charge in [-0.2, -0.15) is 0 Å². The van der Waals surface area contributed by atoms with Crippen LogP contribution in [0.5, 0.6) is 11.5 Å². The Bertz CT molecular complexity index is 1500. The third-order valence-corrected chi connectivity index (χ3v) is 7.12. The number of imide groups is 1. The summed E-state index contributed by atoms with van der Waals surface area (Å²) in [5.74, 6) is -0.199. The summed E-state index contributed by atoms with van der Waals surface area (Å²) < 4.78 is 11.5. The van der Waals surface area contributed by atoms with E-state index in [2.05, 4.69) is 0 Å². The third-order valence-electron chi connectivity index (χ3n) is 7.12. The van der Waals surface area contributed by atoms with Gasteiger partial charge in [0.25, 0.3) is 5.91 Å². The Morgan fingerprint density at radius 3 is 2.39 bits per heavy atom. The number of carbonyl (C=O) groups is 2. The Hall–Kier alpha value is -4.36. The lowest BCUT2D eigenvalue weighted by molar-refractivity contribution is -0.126. The molecule has 3 atom stereocenters. The van der Waals surface area contributed by atoms with E-state index in [9.17, 15) is 9.59 Å². The highest BCUT2D eigenvalue weighted by Crippen LogP contribution is 2.49. The molecular formula is C31H28N2O5. The maximum atomic E-state index is 14.1. The van der Waals surface area contributed by atoms with E-state index in [-0.39, 0.29) is 11.8 Å². The second-order valence-corrected chi connectivity index (χ2v) is 9.43. The number of hydrogen-bond acceptors (Lipinski definition) is 6. The molecule has 6 rings (SSSR count). The van der Waals surface area contributed by atoms with Gasteiger partial charge in [0, 0.05) is 5.39 Å². The standard InChI is InChI=1S/C31H28N2O5/c1-3-18-37-25-17-16-21(19-26(25)36-2)28-27-29(38-33(28)22-12-5-4-6-13-22)31(35)32(30(27)34)24-15-9-11-20-10-7-8-14-23(20)24/h4-17,19,27-29H,3,18H2,1-2H3/t27-,28-,29-/m0/s1. The highest BCUT2D eigenvalue weighted by atomic mass is 16.7. The Kier molecular flexibility index (Phi) is 6.21. The van der Waals surface area contributed by atoms with Crippen LogP contribution in [-0.2, 0) is 14.4 Å². The number of hydroxylamine groups is 1. The Morgan fingerprint density at radius 1 is 0.842 bits per heavy atom. The predicted octanol–water partition coefficient (Wildman–Crippen LogP) is 5.69. The zero-order chi connectivity index (χ0) is 26.2. The summed E-state index contributed by atoms with van der Waals surface area (Å²) in [6.07, 6.45) is -0.0817. The molecule has 0 bridgehead atoms. The Morgan fingerprint density at radius 2 is 1.61 bits per heavy atom. The van der Waals surface area contributed by atoms with Gasteiger partial charge in [-0.25, -0.2) is 9.96 Å². The first-order chi connectivity index (χ1) is 18.6. The molecule has 192 valence electrons. The van der Waals surface area contributed by atoms with Crippen LogP contribution in [0.1, 0.15) is 24.9 Å². The molecule has 2 amide bonds. The van der Waals surface area contributed by atoms with Crippen LogP contribution < -0.4 is 19.4 Å². The molecule has 0 spiro atoms. The largest absolute Gasteiger partial charge is 0.493 e. The van der Waals surface area contributed by atoms with Gasteiger partial charge in [-0.3, -0.25) is 14.4 Å². The van der Waals surface area contributed by atoms with Crippen molar-refractivity contribution < 1.29 is 23.9 Å². The van der Waals surface area contributed by atoms with E-state index in [4.69, 9.17) is 14.3 Å². The lowest BCUT2D eigenvalue weighted by Crippen LogP contribution is -2.37. The van der Waals surface area contributed by atoms with Crippen LogP contribution in [0.4, 0.5) is 11.4 Å². The van der Waals surface area contributed by atoms with Crippen LogP contribution in [0.15, 0.2) is 91.0 Å². The van der Waals surface area contributed by atoms with Gasteiger partial charge in [-0.1, -0.05) is 67.6 Å². The van der Waals surface area contributed by atoms with Crippen LogP contribution in [0.3, 0.4) is 0 Å². The van der Waals surface area contributed by atoms with E-state index in [0.717, 1.165) is 28.4 Å². The lowest BCUT2D eigenvalue weighted by atomic mass is 9.90. The fourth-order valence-electron chi connectivity index (χ4n) is 5.39. The summed E-state index contributed by atoms with van der Waals surface area (Å²) >= 11 is 0. The van der Waals surface area contributed by atoms with Crippen molar-refractivity contribution in [2.45, 2.75) is 25.5 Å². The number of ether oxygens (including phenoxy) is 2. The summed E-state index contributed by atoms with van der Waals surface area (Å²) in [7, 11) is 1.59. The van der Waals surface area contributed by atoms with Gasteiger partial charge in [-0.15, -0.1) is 0 Å². The zero-order valence-corrected chi connectivity index (χ0v) is 21.2. The minimum Gasteiger partial charge on any atom is -0.493 e. The summed E-state index contributed by atoms with van der Waals surface area (Å²) in [5.41, 5.74) is 2.12. The average Bonchev–Trinajstić information content (AvgIpc) is 3.47. The molecule has 2 heterocycles. The van der Waals surface area contributed by atoms with Crippen LogP contribution in [0.25, 0.3) is 10.8 Å². The number of amides is 2. The molecule has 7 heteroatoms. The summed E-state index contributed by atoms with van der Waals surface area (Å²) in [4.78, 5) is 35.5. The lowest BCUT2D eigenvalue weighted by Gasteiger charge is -2.29. The van der Waals surface area contributed by atoms with Gasteiger partial charge in [0.1, 0.15) is 5.92 Å². The zero-order valence-electron chi connectivity index (χ0n) is 21.2. The van der Waals surface area contributed by atoms with Crippen molar-refractivity contribution in [3.05, 3.63) is 96.6 Å². The van der Waals surface area contributed by atoms with Crippen molar-refractivity contribution in [3.8, 4) is 11.5 Å². The first-order valence-corrected chi connectivity index (χ1v) is 12.8. The maximum Gasteiger partial charge on any atom is 0.266 e. The van der Waals surface area contributed by atoms with Crippen molar-refractivity contribution in [3.63, 3.8) is 0 Å². The molecule has 2 aliphatic rings. The molecule has 0 unspecified atom stereocenters. The van der Waals surface area contributed by atoms with Gasteiger partial charge in [0.2, 0.25) is 5.91 Å². The topological polar surface area (TPSA) is 68.3 Å². The number of fused-ring (bicyclic) bond motifs is 2. The molecule has 38 heavy (non-hydrogen) atoms. The van der Waals surface area contributed by atoms with Crippen molar-refractivity contribution in [1.29, 1.82) is 0 Å². The van der Waals surface area contributed by atoms with E-state index < -0.39 is 18.1 Å². The molecule has 4 aromatic carbocycles. The number of benzene rings is 4. The molecule has 0 aliphatic carbocycles. The van der Waals surface area contributed by atoms with Gasteiger partial charge in [0.15, 0.2) is 17.6 Å². The van der Waals surface area contributed by atoms with Crippen molar-refractivity contribution in [1.82, 2.24) is 0 Å². The monoisotopic (exact) mass is 508 g/mol. The number of methoxy groups -OCH3 is 1. The predicted molar refractivity (Wildman–Crippen MR) is 145 cm³/mol. The first-order valence-electron chi connectivity index (χ1n) is 12.8. The number of para-hydroxylation sites is 1. The van der Waals surface area contributed by atoms with E-state index in [0.29, 0.717) is 23.8 Å². The SMILES string of the molecule is CCCOc1ccc([C@H]2[C@@H]3C(=O)N(c4cccc5ccccc45)C(=O)[C@H]3ON2c2ccccc2)cc1OC. The van der Waals surface area contributed by atoms with Crippen LogP contribution in [0, 0.1) is 5.92 Å². The molecule has 7 nitrogen and oxygen atoms in total. The summed E-state index contributed by atoms with van der Waals surface area (Å²) in [6, 6.07) is 28.0. The molecule has 0 saturated carbocycles. The minimum atomic E-state index is -0.950. The fourth-order valence-corrected chi connectivity index (χ4v) is 5.39. The van der Waals surface area contributed by atoms with E-state index in [1.54, 1.807) is 12.2 Å². The van der Waals surface area contributed by atoms with E-state index in [1.807, 2.05) is 97.9 Å². The average molecular weight is 509 g/mol. The molecular weight excluding hydrogens is 480 g/mol. The molecule has 0 N–H and O–H groups in total. The highest BCUT2D eigenvalue weighted by Gasteiger charge is 2.60. The molecule has 2 aliphatic heterocycles. The van der Waals surface area contributed by atoms with E-state index in [1.165, 1.54) is 4.90 Å². The van der Waals surface area contributed by atoms with Crippen LogP contribution >= 0.6 is 0 Å². The van der Waals surface area contributed by atoms with Gasteiger partial charge in [0.05, 0.1) is 31.1 Å². The molecule has 0 aromatic heterocycles. The number of rotatable bonds is 7. The van der Waals surface area contributed by atoms with Crippen molar-refractivity contribution in [2.24, 2.45) is 5.92 Å². The molecule has 0 radical (unpaired) electrons. The maximum absolute atomic E-state index is 14.1. The molecule has 2 saturated heterocycles. The minimum absolute atomic E-state index is 0.287. The first kappa shape index (κ1) is 24.0. The van der Waals surface area contributed by atoms with E-state index >= 15 is 0 Å². The quantitative estimate of drug-likeness (QED) is 0.299.